The van der Waals surface area contributed by atoms with Gasteiger partial charge in [-0.25, -0.2) is 0 Å². The topological polar surface area (TPSA) is 42.4 Å². The van der Waals surface area contributed by atoms with Gasteiger partial charge in [-0.3, -0.25) is 4.90 Å². The van der Waals surface area contributed by atoms with Crippen molar-refractivity contribution in [1.82, 2.24) is 4.90 Å². The first kappa shape index (κ1) is 10.7. The zero-order chi connectivity index (χ0) is 10.7. The van der Waals surface area contributed by atoms with E-state index in [0.717, 1.165) is 12.6 Å². The second kappa shape index (κ2) is 4.81. The Bertz CT molecular complexity index is 280. The third kappa shape index (κ3) is 2.41. The van der Waals surface area contributed by atoms with Crippen molar-refractivity contribution in [3.63, 3.8) is 0 Å². The molecule has 1 atom stereocenters. The molecular weight excluding hydrogens is 188 g/mol. The third-order valence-electron chi connectivity index (χ3n) is 3.05. The average molecular weight is 208 g/mol. The highest BCUT2D eigenvalue weighted by atomic mass is 16.3. The van der Waals surface area contributed by atoms with Crippen molar-refractivity contribution in [2.45, 2.75) is 38.3 Å². The van der Waals surface area contributed by atoms with Crippen molar-refractivity contribution in [3.8, 4) is 0 Å². The number of nitrogens with zero attached hydrogens (tertiary/aromatic N) is 1. The van der Waals surface area contributed by atoms with Crippen LogP contribution in [-0.2, 0) is 0 Å². The molecule has 1 unspecified atom stereocenters. The maximum atomic E-state index is 5.88. The monoisotopic (exact) mass is 208 g/mol. The van der Waals surface area contributed by atoms with Gasteiger partial charge >= 0.3 is 0 Å². The number of nitrogens with two attached hydrogens (primary N) is 1. The Morgan fingerprint density at radius 2 is 2.40 bits per heavy atom. The van der Waals surface area contributed by atoms with Crippen molar-refractivity contribution in [2.75, 3.05) is 13.1 Å². The van der Waals surface area contributed by atoms with Crippen LogP contribution in [0.2, 0.25) is 0 Å². The number of hydrogen-bond donors (Lipinski definition) is 1. The molecule has 15 heavy (non-hydrogen) atoms. The maximum absolute atomic E-state index is 5.88. The van der Waals surface area contributed by atoms with E-state index in [0.29, 0.717) is 12.6 Å². The lowest BCUT2D eigenvalue weighted by Crippen LogP contribution is -2.35. The van der Waals surface area contributed by atoms with Gasteiger partial charge < -0.3 is 10.2 Å². The highest BCUT2D eigenvalue weighted by Gasteiger charge is 2.33. The van der Waals surface area contributed by atoms with Gasteiger partial charge in [0.1, 0.15) is 0 Å². The fourth-order valence-corrected chi connectivity index (χ4v) is 2.18. The lowest BCUT2D eigenvalue weighted by molar-refractivity contribution is 0.191. The molecular formula is C12H20N2O. The van der Waals surface area contributed by atoms with Gasteiger partial charge in [0.2, 0.25) is 0 Å². The Kier molecular flexibility index (Phi) is 3.44. The van der Waals surface area contributed by atoms with E-state index in [1.165, 1.54) is 24.8 Å². The first-order valence-corrected chi connectivity index (χ1v) is 5.84. The standard InChI is InChI=1S/C12H20N2O/c1-2-6-14(11-3-4-11)12(8-13)10-5-7-15-9-10/h5,7,9,11-12H,2-4,6,8,13H2,1H3. The predicted molar refractivity (Wildman–Crippen MR) is 60.5 cm³/mol. The van der Waals surface area contributed by atoms with Crippen LogP contribution >= 0.6 is 0 Å². The average Bonchev–Trinajstić information content (AvgIpc) is 2.96. The van der Waals surface area contributed by atoms with Gasteiger partial charge in [-0.1, -0.05) is 6.92 Å². The van der Waals surface area contributed by atoms with Crippen LogP contribution in [0.25, 0.3) is 0 Å². The summed E-state index contributed by atoms with van der Waals surface area (Å²) in [5.74, 6) is 0. The minimum atomic E-state index is 0.344. The van der Waals surface area contributed by atoms with E-state index in [1.807, 2.05) is 12.3 Å². The molecule has 0 radical (unpaired) electrons. The van der Waals surface area contributed by atoms with Crippen LogP contribution in [0.4, 0.5) is 0 Å². The van der Waals surface area contributed by atoms with Gasteiger partial charge in [0.25, 0.3) is 0 Å². The highest BCUT2D eigenvalue weighted by molar-refractivity contribution is 5.13. The Labute approximate surface area is 91.2 Å². The molecule has 0 bridgehead atoms. The van der Waals surface area contributed by atoms with Gasteiger partial charge in [0, 0.05) is 18.2 Å². The van der Waals surface area contributed by atoms with E-state index < -0.39 is 0 Å². The minimum absolute atomic E-state index is 0.344. The van der Waals surface area contributed by atoms with Crippen molar-refractivity contribution >= 4 is 0 Å². The minimum Gasteiger partial charge on any atom is -0.472 e. The molecule has 1 aromatic rings. The Hall–Kier alpha value is -0.800. The summed E-state index contributed by atoms with van der Waals surface area (Å²) < 4.78 is 5.14. The second-order valence-corrected chi connectivity index (χ2v) is 4.28. The van der Waals surface area contributed by atoms with E-state index >= 15 is 0 Å². The number of rotatable bonds is 6. The zero-order valence-electron chi connectivity index (χ0n) is 9.36. The smallest absolute Gasteiger partial charge is 0.0950 e. The van der Waals surface area contributed by atoms with Crippen LogP contribution in [0, 0.1) is 0 Å². The van der Waals surface area contributed by atoms with Crippen molar-refractivity contribution < 1.29 is 4.42 Å². The summed E-state index contributed by atoms with van der Waals surface area (Å²) in [6.07, 6.45) is 7.39. The van der Waals surface area contributed by atoms with E-state index in [9.17, 15) is 0 Å². The van der Waals surface area contributed by atoms with Gasteiger partial charge in [-0.05, 0) is 31.9 Å². The van der Waals surface area contributed by atoms with Gasteiger partial charge in [0.15, 0.2) is 0 Å². The zero-order valence-corrected chi connectivity index (χ0v) is 9.36. The number of hydrogen-bond acceptors (Lipinski definition) is 3. The highest BCUT2D eigenvalue weighted by Crippen LogP contribution is 2.34. The summed E-state index contributed by atoms with van der Waals surface area (Å²) in [6, 6.07) is 3.13. The molecule has 0 spiro atoms. The van der Waals surface area contributed by atoms with E-state index in [-0.39, 0.29) is 0 Å². The molecule has 1 aliphatic carbocycles. The molecule has 1 aliphatic rings. The maximum Gasteiger partial charge on any atom is 0.0950 e. The summed E-state index contributed by atoms with van der Waals surface area (Å²) >= 11 is 0. The third-order valence-corrected chi connectivity index (χ3v) is 3.05. The van der Waals surface area contributed by atoms with Crippen molar-refractivity contribution in [1.29, 1.82) is 0 Å². The Balaban J connectivity index is 2.08. The van der Waals surface area contributed by atoms with Crippen LogP contribution in [0.1, 0.15) is 37.8 Å². The molecule has 1 saturated carbocycles. The molecule has 0 aromatic carbocycles. The van der Waals surface area contributed by atoms with Gasteiger partial charge in [-0.2, -0.15) is 0 Å². The van der Waals surface area contributed by atoms with Crippen LogP contribution in [-0.4, -0.2) is 24.0 Å². The van der Waals surface area contributed by atoms with E-state index in [2.05, 4.69) is 11.8 Å². The van der Waals surface area contributed by atoms with Gasteiger partial charge in [0.05, 0.1) is 18.6 Å². The van der Waals surface area contributed by atoms with Crippen molar-refractivity contribution in [2.24, 2.45) is 5.73 Å². The molecule has 1 heterocycles. The predicted octanol–water partition coefficient (Wildman–Crippen LogP) is 2.15. The van der Waals surface area contributed by atoms with E-state index in [1.54, 1.807) is 6.26 Å². The molecule has 0 amide bonds. The molecule has 1 fully saturated rings. The molecule has 1 aromatic heterocycles. The first-order chi connectivity index (χ1) is 7.36. The lowest BCUT2D eigenvalue weighted by atomic mass is 10.1. The summed E-state index contributed by atoms with van der Waals surface area (Å²) in [5.41, 5.74) is 7.10. The number of furan rings is 1. The van der Waals surface area contributed by atoms with Crippen LogP contribution in [0.3, 0.4) is 0 Å². The van der Waals surface area contributed by atoms with Crippen LogP contribution in [0.15, 0.2) is 23.0 Å². The molecule has 2 rings (SSSR count). The molecule has 84 valence electrons. The fourth-order valence-electron chi connectivity index (χ4n) is 2.18. The first-order valence-electron chi connectivity index (χ1n) is 5.84. The van der Waals surface area contributed by atoms with Crippen LogP contribution in [0.5, 0.6) is 0 Å². The van der Waals surface area contributed by atoms with E-state index in [4.69, 9.17) is 10.2 Å². The molecule has 3 nitrogen and oxygen atoms in total. The molecule has 2 N–H and O–H groups in total. The molecule has 0 saturated heterocycles. The quantitative estimate of drug-likeness (QED) is 0.779. The largest absolute Gasteiger partial charge is 0.472 e. The SMILES string of the molecule is CCCN(C1CC1)C(CN)c1ccoc1. The molecule has 0 aliphatic heterocycles. The van der Waals surface area contributed by atoms with Crippen molar-refractivity contribution in [3.05, 3.63) is 24.2 Å². The summed E-state index contributed by atoms with van der Waals surface area (Å²) in [7, 11) is 0. The van der Waals surface area contributed by atoms with Gasteiger partial charge in [-0.15, -0.1) is 0 Å². The second-order valence-electron chi connectivity index (χ2n) is 4.28. The summed E-state index contributed by atoms with van der Waals surface area (Å²) in [4.78, 5) is 2.53. The Morgan fingerprint density at radius 1 is 1.60 bits per heavy atom. The summed E-state index contributed by atoms with van der Waals surface area (Å²) in [5, 5.41) is 0. The lowest BCUT2D eigenvalue weighted by Gasteiger charge is -2.29. The fraction of sp³-hybridized carbons (Fsp3) is 0.667. The summed E-state index contributed by atoms with van der Waals surface area (Å²) in [6.45, 7) is 4.03. The Morgan fingerprint density at radius 3 is 2.87 bits per heavy atom. The molecule has 3 heteroatoms. The normalized spacial score (nSPS) is 18.3. The van der Waals surface area contributed by atoms with Crippen LogP contribution < -0.4 is 5.73 Å².